The molecule has 4 rings (SSSR count). The summed E-state index contributed by atoms with van der Waals surface area (Å²) >= 11 is 9.26. The van der Waals surface area contributed by atoms with E-state index in [0.29, 0.717) is 0 Å². The molecule has 0 aliphatic rings. The summed E-state index contributed by atoms with van der Waals surface area (Å²) in [6, 6.07) is 12.1. The van der Waals surface area contributed by atoms with Gasteiger partial charge in [-0.3, -0.25) is 0 Å². The Bertz CT molecular complexity index is 974. The second kappa shape index (κ2) is 5.50. The molecular weight excluding hydrogens is 334 g/mol. The number of anilines is 2. The SMILES string of the molecule is CCc1ccc2nc(Nc3nc4ccc(Cl)cc4s3)sc2c1. The van der Waals surface area contributed by atoms with Gasteiger partial charge >= 0.3 is 0 Å². The summed E-state index contributed by atoms with van der Waals surface area (Å²) in [7, 11) is 0. The zero-order chi connectivity index (χ0) is 15.1. The van der Waals surface area contributed by atoms with E-state index in [1.54, 1.807) is 22.7 Å². The summed E-state index contributed by atoms with van der Waals surface area (Å²) in [4.78, 5) is 9.19. The Morgan fingerprint density at radius 3 is 2.27 bits per heavy atom. The second-order valence-electron chi connectivity index (χ2n) is 4.93. The first-order valence-corrected chi connectivity index (χ1v) is 8.95. The maximum atomic E-state index is 6.02. The third-order valence-electron chi connectivity index (χ3n) is 3.43. The lowest BCUT2D eigenvalue weighted by Gasteiger charge is -1.93. The van der Waals surface area contributed by atoms with E-state index in [4.69, 9.17) is 11.6 Å². The topological polar surface area (TPSA) is 37.8 Å². The van der Waals surface area contributed by atoms with E-state index in [9.17, 15) is 0 Å². The molecule has 6 heteroatoms. The molecule has 0 unspecified atom stereocenters. The number of nitrogens with zero attached hydrogens (tertiary/aromatic N) is 2. The number of fused-ring (bicyclic) bond motifs is 2. The molecule has 110 valence electrons. The van der Waals surface area contributed by atoms with Crippen molar-refractivity contribution in [3.05, 3.63) is 47.0 Å². The molecule has 0 saturated carbocycles. The molecule has 0 fully saturated rings. The van der Waals surface area contributed by atoms with Crippen LogP contribution in [0, 0.1) is 0 Å². The Morgan fingerprint density at radius 1 is 0.955 bits per heavy atom. The summed E-state index contributed by atoms with van der Waals surface area (Å²) in [6.45, 7) is 2.16. The predicted octanol–water partition coefficient (Wildman–Crippen LogP) is 5.87. The molecule has 0 spiro atoms. The average Bonchev–Trinajstić information content (AvgIpc) is 3.08. The lowest BCUT2D eigenvalue weighted by atomic mass is 10.2. The van der Waals surface area contributed by atoms with Crippen molar-refractivity contribution in [2.45, 2.75) is 13.3 Å². The van der Waals surface area contributed by atoms with Crippen LogP contribution in [0.1, 0.15) is 12.5 Å². The number of hydrogen-bond donors (Lipinski definition) is 1. The number of nitrogens with one attached hydrogen (secondary N) is 1. The van der Waals surface area contributed by atoms with Gasteiger partial charge in [0, 0.05) is 5.02 Å². The molecule has 22 heavy (non-hydrogen) atoms. The van der Waals surface area contributed by atoms with Gasteiger partial charge in [-0.1, -0.05) is 47.3 Å². The van der Waals surface area contributed by atoms with Crippen molar-refractivity contribution in [1.82, 2.24) is 9.97 Å². The van der Waals surface area contributed by atoms with Gasteiger partial charge in [0.2, 0.25) is 0 Å². The van der Waals surface area contributed by atoms with Crippen LogP contribution in [0.3, 0.4) is 0 Å². The van der Waals surface area contributed by atoms with Gasteiger partial charge in [-0.2, -0.15) is 0 Å². The van der Waals surface area contributed by atoms with E-state index in [-0.39, 0.29) is 0 Å². The highest BCUT2D eigenvalue weighted by Gasteiger charge is 2.08. The highest BCUT2D eigenvalue weighted by molar-refractivity contribution is 7.24. The Morgan fingerprint density at radius 2 is 1.59 bits per heavy atom. The predicted molar refractivity (Wildman–Crippen MR) is 96.9 cm³/mol. The molecule has 4 aromatic rings. The molecule has 0 saturated heterocycles. The molecule has 2 aromatic heterocycles. The summed E-state index contributed by atoms with van der Waals surface area (Å²) in [5.74, 6) is 0. The number of thiazole rings is 2. The Kier molecular flexibility index (Phi) is 3.48. The molecular formula is C16H12ClN3S2. The fourth-order valence-electron chi connectivity index (χ4n) is 2.29. The van der Waals surface area contributed by atoms with Crippen molar-refractivity contribution in [2.24, 2.45) is 0 Å². The number of aryl methyl sites for hydroxylation is 1. The quantitative estimate of drug-likeness (QED) is 0.505. The van der Waals surface area contributed by atoms with Crippen LogP contribution >= 0.6 is 34.3 Å². The van der Waals surface area contributed by atoms with Gasteiger partial charge in [-0.05, 0) is 42.3 Å². The van der Waals surface area contributed by atoms with E-state index in [0.717, 1.165) is 37.4 Å². The van der Waals surface area contributed by atoms with Crippen molar-refractivity contribution in [1.29, 1.82) is 0 Å². The average molecular weight is 346 g/mol. The molecule has 0 radical (unpaired) electrons. The van der Waals surface area contributed by atoms with Crippen LogP contribution in [0.4, 0.5) is 10.3 Å². The minimum absolute atomic E-state index is 0.731. The molecule has 0 aliphatic carbocycles. The highest BCUT2D eigenvalue weighted by atomic mass is 35.5. The van der Waals surface area contributed by atoms with Crippen molar-refractivity contribution in [2.75, 3.05) is 5.32 Å². The molecule has 2 aromatic carbocycles. The van der Waals surface area contributed by atoms with E-state index < -0.39 is 0 Å². The lowest BCUT2D eigenvalue weighted by Crippen LogP contribution is -1.87. The summed E-state index contributed by atoms with van der Waals surface area (Å²) < 4.78 is 2.27. The van der Waals surface area contributed by atoms with Crippen LogP contribution in [0.25, 0.3) is 20.4 Å². The van der Waals surface area contributed by atoms with Gasteiger partial charge in [0.15, 0.2) is 10.3 Å². The summed E-state index contributed by atoms with van der Waals surface area (Å²) in [6.07, 6.45) is 1.04. The van der Waals surface area contributed by atoms with E-state index in [1.165, 1.54) is 10.3 Å². The van der Waals surface area contributed by atoms with Crippen LogP contribution in [0.2, 0.25) is 5.02 Å². The van der Waals surface area contributed by atoms with Crippen LogP contribution in [0.15, 0.2) is 36.4 Å². The van der Waals surface area contributed by atoms with Gasteiger partial charge < -0.3 is 5.32 Å². The van der Waals surface area contributed by atoms with Crippen molar-refractivity contribution < 1.29 is 0 Å². The fraction of sp³-hybridized carbons (Fsp3) is 0.125. The van der Waals surface area contributed by atoms with Crippen molar-refractivity contribution in [3.8, 4) is 0 Å². The van der Waals surface area contributed by atoms with Crippen LogP contribution in [-0.4, -0.2) is 9.97 Å². The number of aromatic nitrogens is 2. The largest absolute Gasteiger partial charge is 0.307 e. The number of hydrogen-bond acceptors (Lipinski definition) is 5. The van der Waals surface area contributed by atoms with E-state index in [2.05, 4.69) is 40.4 Å². The Hall–Kier alpha value is -1.69. The third kappa shape index (κ3) is 2.56. The number of benzene rings is 2. The van der Waals surface area contributed by atoms with Crippen molar-refractivity contribution >= 4 is 65.0 Å². The monoisotopic (exact) mass is 345 g/mol. The number of halogens is 1. The Balaban J connectivity index is 1.69. The normalized spacial score (nSPS) is 11.4. The first-order chi connectivity index (χ1) is 10.7. The number of rotatable bonds is 3. The van der Waals surface area contributed by atoms with Gasteiger partial charge in [0.1, 0.15) is 0 Å². The summed E-state index contributed by atoms with van der Waals surface area (Å²) in [5, 5.41) is 5.75. The molecule has 0 aliphatic heterocycles. The molecule has 0 bridgehead atoms. The molecule has 1 N–H and O–H groups in total. The van der Waals surface area contributed by atoms with Gasteiger partial charge in [-0.15, -0.1) is 0 Å². The van der Waals surface area contributed by atoms with Crippen molar-refractivity contribution in [3.63, 3.8) is 0 Å². The molecule has 3 nitrogen and oxygen atoms in total. The van der Waals surface area contributed by atoms with E-state index in [1.807, 2.05) is 18.2 Å². The van der Waals surface area contributed by atoms with Crippen LogP contribution in [0.5, 0.6) is 0 Å². The van der Waals surface area contributed by atoms with Gasteiger partial charge in [0.25, 0.3) is 0 Å². The maximum Gasteiger partial charge on any atom is 0.190 e. The molecule has 0 atom stereocenters. The lowest BCUT2D eigenvalue weighted by molar-refractivity contribution is 1.15. The molecule has 2 heterocycles. The first kappa shape index (κ1) is 13.9. The third-order valence-corrected chi connectivity index (χ3v) is 5.53. The first-order valence-electron chi connectivity index (χ1n) is 6.94. The maximum absolute atomic E-state index is 6.02. The van der Waals surface area contributed by atoms with E-state index >= 15 is 0 Å². The van der Waals surface area contributed by atoms with Crippen LogP contribution < -0.4 is 5.32 Å². The summed E-state index contributed by atoms with van der Waals surface area (Å²) in [5.41, 5.74) is 3.30. The van der Waals surface area contributed by atoms with Gasteiger partial charge in [0.05, 0.1) is 20.4 Å². The zero-order valence-electron chi connectivity index (χ0n) is 11.8. The zero-order valence-corrected chi connectivity index (χ0v) is 14.1. The van der Waals surface area contributed by atoms with Gasteiger partial charge in [-0.25, -0.2) is 9.97 Å². The van der Waals surface area contributed by atoms with Crippen LogP contribution in [-0.2, 0) is 6.42 Å². The molecule has 0 amide bonds. The highest BCUT2D eigenvalue weighted by Crippen LogP contribution is 2.33. The Labute approximate surface area is 140 Å². The second-order valence-corrected chi connectivity index (χ2v) is 7.43. The smallest absolute Gasteiger partial charge is 0.190 e. The standard InChI is InChI=1S/C16H12ClN3S2/c1-2-9-3-5-11-13(7-9)21-15(18-11)20-16-19-12-6-4-10(17)8-14(12)22-16/h3-8H,2H2,1H3,(H,18,19,20). The minimum Gasteiger partial charge on any atom is -0.307 e. The minimum atomic E-state index is 0.731. The fourth-order valence-corrected chi connectivity index (χ4v) is 4.42.